The van der Waals surface area contributed by atoms with Crippen LogP contribution in [-0.2, 0) is 9.53 Å². The number of nitrogens with zero attached hydrogens (tertiary/aromatic N) is 2. The minimum absolute atomic E-state index is 0.0998. The van der Waals surface area contributed by atoms with Crippen LogP contribution >= 0.6 is 35.0 Å². The van der Waals surface area contributed by atoms with E-state index in [1.54, 1.807) is 36.4 Å². The molecule has 0 radical (unpaired) electrons. The van der Waals surface area contributed by atoms with Crippen molar-refractivity contribution in [1.82, 2.24) is 4.90 Å². The predicted octanol–water partition coefficient (Wildman–Crippen LogP) is 5.87. The van der Waals surface area contributed by atoms with Crippen molar-refractivity contribution in [1.29, 1.82) is 0 Å². The highest BCUT2D eigenvalue weighted by atomic mass is 35.5. The van der Waals surface area contributed by atoms with E-state index < -0.39 is 0 Å². The largest absolute Gasteiger partial charge is 0.457 e. The number of benzene rings is 2. The quantitative estimate of drug-likeness (QED) is 0.534. The monoisotopic (exact) mass is 462 g/mol. The number of carbonyl (C=O) groups is 1. The molecule has 1 fully saturated rings. The minimum atomic E-state index is -0.251. The van der Waals surface area contributed by atoms with E-state index in [9.17, 15) is 4.79 Å². The average Bonchev–Trinajstić information content (AvgIpc) is 3.06. The molecule has 2 heterocycles. The Morgan fingerprint density at radius 1 is 1.10 bits per heavy atom. The number of halogens is 2. The summed E-state index contributed by atoms with van der Waals surface area (Å²) in [5, 5.41) is 1.85. The summed E-state index contributed by atoms with van der Waals surface area (Å²) in [5.74, 6) is 1.01. The molecule has 0 bridgehead atoms. The van der Waals surface area contributed by atoms with Crippen molar-refractivity contribution in [3.63, 3.8) is 0 Å². The number of amides is 1. The second-order valence-electron chi connectivity index (χ2n) is 7.21. The fourth-order valence-corrected chi connectivity index (χ4v) is 4.61. The van der Waals surface area contributed by atoms with Crippen molar-refractivity contribution in [2.45, 2.75) is 26.1 Å². The lowest BCUT2D eigenvalue weighted by molar-refractivity contribution is -0.113. The minimum Gasteiger partial charge on any atom is -0.457 e. The van der Waals surface area contributed by atoms with Crippen molar-refractivity contribution in [2.75, 3.05) is 13.1 Å². The third-order valence-electron chi connectivity index (χ3n) is 4.61. The van der Waals surface area contributed by atoms with E-state index in [0.717, 1.165) is 5.56 Å². The number of aliphatic imine (C=N–C) groups is 1. The number of hydrogen-bond donors (Lipinski definition) is 0. The molecule has 0 aliphatic carbocycles. The standard InChI is InChI=1S/C22H20Cl2N2O3S/c1-13-11-26(12-14(2)28-13)22-25-21(27)20(30-22)9-15-3-6-18(10-19(15)24)29-17-7-4-16(23)5-8-17/h3-10,13-14H,11-12H2,1-2H3/b20-9+. The molecule has 1 saturated heterocycles. The Balaban J connectivity index is 1.47. The molecular formula is C22H20Cl2N2O3S. The zero-order valence-corrected chi connectivity index (χ0v) is 18.8. The maximum Gasteiger partial charge on any atom is 0.286 e. The van der Waals surface area contributed by atoms with Crippen LogP contribution in [0.1, 0.15) is 19.4 Å². The van der Waals surface area contributed by atoms with E-state index in [1.807, 2.05) is 26.0 Å². The number of amidine groups is 1. The number of morpholine rings is 1. The van der Waals surface area contributed by atoms with Crippen molar-refractivity contribution < 1.29 is 14.3 Å². The van der Waals surface area contributed by atoms with Gasteiger partial charge in [0.1, 0.15) is 11.5 Å². The normalized spacial score (nSPS) is 23.1. The molecule has 2 aliphatic heterocycles. The lowest BCUT2D eigenvalue weighted by Gasteiger charge is -2.35. The zero-order valence-electron chi connectivity index (χ0n) is 16.5. The summed E-state index contributed by atoms with van der Waals surface area (Å²) in [4.78, 5) is 19.3. The van der Waals surface area contributed by atoms with Gasteiger partial charge in [0, 0.05) is 18.1 Å². The number of carbonyl (C=O) groups excluding carboxylic acids is 1. The van der Waals surface area contributed by atoms with E-state index in [-0.39, 0.29) is 18.1 Å². The lowest BCUT2D eigenvalue weighted by atomic mass is 10.2. The summed E-state index contributed by atoms with van der Waals surface area (Å²) >= 11 is 13.7. The average molecular weight is 463 g/mol. The highest BCUT2D eigenvalue weighted by molar-refractivity contribution is 8.18. The molecule has 2 aliphatic rings. The molecule has 2 atom stereocenters. The van der Waals surface area contributed by atoms with Crippen molar-refractivity contribution >= 4 is 52.1 Å². The van der Waals surface area contributed by atoms with Gasteiger partial charge in [-0.25, -0.2) is 0 Å². The van der Waals surface area contributed by atoms with Gasteiger partial charge in [-0.05, 0) is 79.7 Å². The van der Waals surface area contributed by atoms with E-state index >= 15 is 0 Å². The van der Waals surface area contributed by atoms with Crippen LogP contribution in [0, 0.1) is 0 Å². The molecule has 2 aromatic rings. The summed E-state index contributed by atoms with van der Waals surface area (Å²) in [7, 11) is 0. The molecule has 2 unspecified atom stereocenters. The Morgan fingerprint density at radius 3 is 2.43 bits per heavy atom. The number of hydrogen-bond acceptors (Lipinski definition) is 5. The first-order valence-electron chi connectivity index (χ1n) is 9.53. The van der Waals surface area contributed by atoms with Gasteiger partial charge in [0.15, 0.2) is 5.17 Å². The molecule has 1 amide bonds. The fraction of sp³-hybridized carbons (Fsp3) is 0.273. The van der Waals surface area contributed by atoms with Gasteiger partial charge in [-0.15, -0.1) is 0 Å². The van der Waals surface area contributed by atoms with E-state index in [4.69, 9.17) is 32.7 Å². The second-order valence-corrected chi connectivity index (χ2v) is 9.06. The van der Waals surface area contributed by atoms with Gasteiger partial charge in [-0.2, -0.15) is 4.99 Å². The van der Waals surface area contributed by atoms with Crippen molar-refractivity contribution in [3.05, 3.63) is 63.0 Å². The van der Waals surface area contributed by atoms with Crippen LogP contribution in [0.5, 0.6) is 11.5 Å². The van der Waals surface area contributed by atoms with Crippen LogP contribution in [0.4, 0.5) is 0 Å². The molecule has 0 spiro atoms. The summed E-state index contributed by atoms with van der Waals surface area (Å²) in [6.45, 7) is 5.48. The van der Waals surface area contributed by atoms with Gasteiger partial charge in [-0.3, -0.25) is 4.79 Å². The van der Waals surface area contributed by atoms with Gasteiger partial charge in [-0.1, -0.05) is 23.2 Å². The topological polar surface area (TPSA) is 51.1 Å². The molecular weight excluding hydrogens is 443 g/mol. The molecule has 5 nitrogen and oxygen atoms in total. The number of thioether (sulfide) groups is 1. The van der Waals surface area contributed by atoms with E-state index in [0.29, 0.717) is 44.7 Å². The SMILES string of the molecule is CC1CN(C2=NC(=O)/C(=C\c3ccc(Oc4ccc(Cl)cc4)cc3Cl)S2)CC(C)O1. The Kier molecular flexibility index (Phi) is 6.39. The first kappa shape index (κ1) is 21.2. The van der Waals surface area contributed by atoms with Crippen molar-refractivity contribution in [3.8, 4) is 11.5 Å². The molecule has 8 heteroatoms. The number of rotatable bonds is 3. The first-order valence-corrected chi connectivity index (χ1v) is 11.1. The predicted molar refractivity (Wildman–Crippen MR) is 123 cm³/mol. The van der Waals surface area contributed by atoms with Crippen LogP contribution in [0.3, 0.4) is 0 Å². The number of ether oxygens (including phenoxy) is 2. The Morgan fingerprint density at radius 2 is 1.77 bits per heavy atom. The molecule has 4 rings (SSSR count). The summed E-state index contributed by atoms with van der Waals surface area (Å²) < 4.78 is 11.6. The van der Waals surface area contributed by atoms with Crippen LogP contribution < -0.4 is 4.74 Å². The Hall–Kier alpha value is -1.99. The van der Waals surface area contributed by atoms with Crippen LogP contribution in [0.25, 0.3) is 6.08 Å². The molecule has 2 aromatic carbocycles. The summed E-state index contributed by atoms with van der Waals surface area (Å²) in [5.41, 5.74) is 0.733. The van der Waals surface area contributed by atoms with Gasteiger partial charge >= 0.3 is 0 Å². The van der Waals surface area contributed by atoms with Crippen molar-refractivity contribution in [2.24, 2.45) is 4.99 Å². The molecule has 0 saturated carbocycles. The zero-order chi connectivity index (χ0) is 21.3. The highest BCUT2D eigenvalue weighted by Gasteiger charge is 2.31. The van der Waals surface area contributed by atoms with Gasteiger partial charge < -0.3 is 14.4 Å². The summed E-state index contributed by atoms with van der Waals surface area (Å²) in [6, 6.07) is 12.4. The fourth-order valence-electron chi connectivity index (χ4n) is 3.34. The smallest absolute Gasteiger partial charge is 0.286 e. The molecule has 0 aromatic heterocycles. The Labute approximate surface area is 189 Å². The van der Waals surface area contributed by atoms with Crippen LogP contribution in [0.15, 0.2) is 52.4 Å². The third-order valence-corrected chi connectivity index (χ3v) is 6.23. The molecule has 30 heavy (non-hydrogen) atoms. The van der Waals surface area contributed by atoms with Crippen LogP contribution in [-0.4, -0.2) is 41.3 Å². The Bertz CT molecular complexity index is 1010. The van der Waals surface area contributed by atoms with Gasteiger partial charge in [0.2, 0.25) is 0 Å². The molecule has 156 valence electrons. The summed E-state index contributed by atoms with van der Waals surface area (Å²) in [6.07, 6.45) is 1.97. The third kappa shape index (κ3) is 5.01. The second kappa shape index (κ2) is 9.02. The van der Waals surface area contributed by atoms with E-state index in [1.165, 1.54) is 11.8 Å². The van der Waals surface area contributed by atoms with Crippen LogP contribution in [0.2, 0.25) is 10.0 Å². The highest BCUT2D eigenvalue weighted by Crippen LogP contribution is 2.34. The maximum absolute atomic E-state index is 12.4. The lowest BCUT2D eigenvalue weighted by Crippen LogP contribution is -2.47. The first-order chi connectivity index (χ1) is 14.4. The van der Waals surface area contributed by atoms with Gasteiger partial charge in [0.25, 0.3) is 5.91 Å². The van der Waals surface area contributed by atoms with E-state index in [2.05, 4.69) is 9.89 Å². The maximum atomic E-state index is 12.4. The molecule has 0 N–H and O–H groups in total. The van der Waals surface area contributed by atoms with Gasteiger partial charge in [0.05, 0.1) is 22.1 Å².